The third-order valence-electron chi connectivity index (χ3n) is 8.67. The number of aromatic nitrogens is 4. The van der Waals surface area contributed by atoms with Gasteiger partial charge in [0.15, 0.2) is 0 Å². The van der Waals surface area contributed by atoms with Crippen molar-refractivity contribution in [1.29, 1.82) is 0 Å². The first-order valence-electron chi connectivity index (χ1n) is 15.1. The number of carbonyl (C=O) groups excluding carboxylic acids is 1. The van der Waals surface area contributed by atoms with Crippen LogP contribution in [0.4, 0.5) is 0 Å². The zero-order chi connectivity index (χ0) is 31.0. The fraction of sp³-hybridized carbons (Fsp3) is 0.371. The lowest BCUT2D eigenvalue weighted by molar-refractivity contribution is -0.143. The van der Waals surface area contributed by atoms with Gasteiger partial charge in [0.25, 0.3) is 0 Å². The van der Waals surface area contributed by atoms with E-state index in [9.17, 15) is 14.7 Å². The van der Waals surface area contributed by atoms with Crippen molar-refractivity contribution in [1.82, 2.24) is 19.9 Å². The highest BCUT2D eigenvalue weighted by Crippen LogP contribution is 2.36. The number of hydrogen-bond acceptors (Lipinski definition) is 5. The fourth-order valence-electron chi connectivity index (χ4n) is 6.11. The maximum atomic E-state index is 13.1. The van der Waals surface area contributed by atoms with Gasteiger partial charge in [0.05, 0.1) is 30.0 Å². The number of allylic oxidation sites excluding steroid dienone is 1. The molecular weight excluding hydrogens is 540 g/mol. The van der Waals surface area contributed by atoms with E-state index in [1.165, 1.54) is 0 Å². The second-order valence-corrected chi connectivity index (χ2v) is 11.5. The Kier molecular flexibility index (Phi) is 8.40. The third kappa shape index (κ3) is 5.54. The van der Waals surface area contributed by atoms with Crippen molar-refractivity contribution < 1.29 is 19.4 Å². The number of ether oxygens (including phenoxy) is 1. The van der Waals surface area contributed by atoms with Crippen molar-refractivity contribution in [3.63, 3.8) is 0 Å². The molecule has 2 aliphatic rings. The van der Waals surface area contributed by atoms with Crippen molar-refractivity contribution in [3.8, 4) is 0 Å². The molecule has 0 saturated carbocycles. The second kappa shape index (κ2) is 12.0. The summed E-state index contributed by atoms with van der Waals surface area (Å²) >= 11 is 0. The van der Waals surface area contributed by atoms with Gasteiger partial charge >= 0.3 is 11.9 Å². The molecule has 0 aromatic carbocycles. The van der Waals surface area contributed by atoms with E-state index >= 15 is 0 Å². The number of unbranched alkanes of at least 4 members (excludes halogenated alkanes) is 1. The van der Waals surface area contributed by atoms with Crippen LogP contribution in [0.25, 0.3) is 39.3 Å². The quantitative estimate of drug-likeness (QED) is 0.189. The minimum Gasteiger partial charge on any atom is -0.478 e. The highest BCUT2D eigenvalue weighted by Gasteiger charge is 2.30. The van der Waals surface area contributed by atoms with Gasteiger partial charge in [0, 0.05) is 50.5 Å². The number of aromatic amines is 2. The predicted octanol–water partition coefficient (Wildman–Crippen LogP) is 7.38. The van der Waals surface area contributed by atoms with Crippen molar-refractivity contribution in [2.75, 3.05) is 6.61 Å². The first-order chi connectivity index (χ1) is 20.6. The van der Waals surface area contributed by atoms with Crippen LogP contribution in [0, 0.1) is 13.8 Å². The van der Waals surface area contributed by atoms with Crippen LogP contribution < -0.4 is 0 Å². The molecule has 3 aromatic rings. The van der Waals surface area contributed by atoms with Gasteiger partial charge in [-0.15, -0.1) is 0 Å². The molecule has 0 amide bonds. The molecule has 2 aliphatic heterocycles. The molecule has 0 saturated heterocycles. The van der Waals surface area contributed by atoms with Crippen LogP contribution in [-0.4, -0.2) is 43.6 Å². The van der Waals surface area contributed by atoms with Gasteiger partial charge < -0.3 is 19.8 Å². The summed E-state index contributed by atoms with van der Waals surface area (Å²) in [5, 5.41) is 10.4. The summed E-state index contributed by atoms with van der Waals surface area (Å²) in [6.45, 7) is 16.5. The van der Waals surface area contributed by atoms with E-state index in [2.05, 4.69) is 50.3 Å². The summed E-state index contributed by atoms with van der Waals surface area (Å²) in [4.78, 5) is 42.8. The molecule has 224 valence electrons. The molecule has 43 heavy (non-hydrogen) atoms. The number of nitrogens with zero attached hydrogens (tertiary/aromatic N) is 2. The predicted molar refractivity (Wildman–Crippen MR) is 172 cm³/mol. The van der Waals surface area contributed by atoms with E-state index in [0.29, 0.717) is 35.6 Å². The Balaban J connectivity index is 1.93. The number of aryl methyl sites for hydroxylation is 3. The molecule has 8 bridgehead atoms. The van der Waals surface area contributed by atoms with Crippen molar-refractivity contribution in [3.05, 3.63) is 75.4 Å². The minimum absolute atomic E-state index is 0.0503. The zero-order valence-electron chi connectivity index (χ0n) is 25.9. The Morgan fingerprint density at radius 2 is 1.74 bits per heavy atom. The topological polar surface area (TPSA) is 121 Å². The number of hydrogen-bond donors (Lipinski definition) is 3. The first kappa shape index (κ1) is 30.0. The molecule has 3 aromatic heterocycles. The Morgan fingerprint density at radius 3 is 2.42 bits per heavy atom. The number of carboxylic acid groups (broad SMARTS) is 1. The number of carbonyl (C=O) groups is 2. The number of carboxylic acids is 1. The summed E-state index contributed by atoms with van der Waals surface area (Å²) in [6.07, 6.45) is 4.77. The summed E-state index contributed by atoms with van der Waals surface area (Å²) in [7, 11) is 0. The monoisotopic (exact) mass is 580 g/mol. The minimum atomic E-state index is -1.09. The van der Waals surface area contributed by atoms with Crippen LogP contribution in [0.3, 0.4) is 0 Å². The van der Waals surface area contributed by atoms with Crippen molar-refractivity contribution in [2.45, 2.75) is 79.6 Å². The summed E-state index contributed by atoms with van der Waals surface area (Å²) in [5.41, 5.74) is 11.5. The molecule has 0 spiro atoms. The Labute approximate surface area is 252 Å². The number of nitrogens with one attached hydrogen (secondary N) is 2. The lowest BCUT2D eigenvalue weighted by Gasteiger charge is -2.09. The molecule has 3 N–H and O–H groups in total. The largest absolute Gasteiger partial charge is 0.478 e. The van der Waals surface area contributed by atoms with Crippen LogP contribution in [0.2, 0.25) is 0 Å². The Bertz CT molecular complexity index is 1840. The van der Waals surface area contributed by atoms with Crippen LogP contribution >= 0.6 is 0 Å². The number of H-pyrrole nitrogens is 2. The van der Waals surface area contributed by atoms with Crippen LogP contribution in [0.5, 0.6) is 0 Å². The van der Waals surface area contributed by atoms with Gasteiger partial charge in [-0.3, -0.25) is 9.78 Å². The number of rotatable bonds is 8. The summed E-state index contributed by atoms with van der Waals surface area (Å²) in [5.74, 6) is -1.45. The van der Waals surface area contributed by atoms with Crippen LogP contribution in [-0.2, 0) is 33.6 Å². The molecule has 0 radical (unpaired) electrons. The number of esters is 1. The molecule has 1 atom stereocenters. The normalized spacial score (nSPS) is 14.7. The average Bonchev–Trinajstić information content (AvgIpc) is 3.66. The van der Waals surface area contributed by atoms with E-state index in [-0.39, 0.29) is 23.6 Å². The molecule has 0 fully saturated rings. The molecular formula is C35H40N4O4. The van der Waals surface area contributed by atoms with E-state index in [1.54, 1.807) is 6.92 Å². The van der Waals surface area contributed by atoms with E-state index in [1.807, 2.05) is 25.1 Å². The standard InChI is InChI=1S/C35H40N4O4/c1-8-11-12-43-32(40)14-24-29-13-18(4)25(36-29)15-26-19(5)22(9-2)30(37-26)16-27-20(6)23(10-3)31(38-27)17-28-21(7)33(35(41)42)34(24)39-28/h9,15-18,37-38H,2,8,10-14H2,1,3-7H3,(H,41,42). The highest BCUT2D eigenvalue weighted by atomic mass is 16.5. The first-order valence-corrected chi connectivity index (χ1v) is 15.1. The van der Waals surface area contributed by atoms with E-state index in [4.69, 9.17) is 14.7 Å². The lowest BCUT2D eigenvalue weighted by atomic mass is 9.97. The molecule has 8 nitrogen and oxygen atoms in total. The molecule has 8 heteroatoms. The van der Waals surface area contributed by atoms with E-state index < -0.39 is 11.9 Å². The van der Waals surface area contributed by atoms with Gasteiger partial charge in [-0.05, 0) is 80.5 Å². The number of fused-ring (bicyclic) bond motifs is 8. The Morgan fingerprint density at radius 1 is 1.02 bits per heavy atom. The van der Waals surface area contributed by atoms with Gasteiger partial charge in [-0.1, -0.05) is 39.8 Å². The molecule has 5 rings (SSSR count). The Hall–Kier alpha value is -4.46. The fourth-order valence-corrected chi connectivity index (χ4v) is 6.11. The van der Waals surface area contributed by atoms with Gasteiger partial charge in [-0.2, -0.15) is 0 Å². The number of aliphatic carboxylic acids is 1. The smallest absolute Gasteiger partial charge is 0.338 e. The zero-order valence-corrected chi connectivity index (χ0v) is 25.9. The van der Waals surface area contributed by atoms with E-state index in [0.717, 1.165) is 69.3 Å². The lowest BCUT2D eigenvalue weighted by Crippen LogP contribution is -2.13. The van der Waals surface area contributed by atoms with Gasteiger partial charge in [0.2, 0.25) is 0 Å². The molecule has 1 unspecified atom stereocenters. The summed E-state index contributed by atoms with van der Waals surface area (Å²) < 4.78 is 5.52. The summed E-state index contributed by atoms with van der Waals surface area (Å²) in [6, 6.07) is 6.07. The maximum Gasteiger partial charge on any atom is 0.338 e. The molecule has 0 aliphatic carbocycles. The van der Waals surface area contributed by atoms with Crippen LogP contribution in [0.15, 0.2) is 24.8 Å². The second-order valence-electron chi connectivity index (χ2n) is 11.5. The molecule has 5 heterocycles. The van der Waals surface area contributed by atoms with Crippen molar-refractivity contribution >= 4 is 51.2 Å². The van der Waals surface area contributed by atoms with Crippen LogP contribution in [0.1, 0.15) is 97.0 Å². The van der Waals surface area contributed by atoms with Gasteiger partial charge in [-0.25, -0.2) is 9.78 Å². The maximum absolute atomic E-state index is 13.1. The van der Waals surface area contributed by atoms with Crippen molar-refractivity contribution in [2.24, 2.45) is 0 Å². The SMILES string of the molecule is C=Cc1c(C)c2cc3nc(c(CC(=O)OCCCC)c4nc(cc5[nH]c(cc1[nH]2)c(C)c5CC)C(C)=C4C(=O)O)CC3C. The van der Waals surface area contributed by atoms with Gasteiger partial charge in [0.1, 0.15) is 0 Å². The average molecular weight is 581 g/mol. The highest BCUT2D eigenvalue weighted by molar-refractivity contribution is 6.24. The third-order valence-corrected chi connectivity index (χ3v) is 8.67.